The number of nitrogens with zero attached hydrogens (tertiary/aromatic N) is 2. The Labute approximate surface area is 114 Å². The van der Waals surface area contributed by atoms with Crippen LogP contribution in [0.2, 0.25) is 0 Å². The van der Waals surface area contributed by atoms with Crippen LogP contribution in [0.4, 0.5) is 5.69 Å². The summed E-state index contributed by atoms with van der Waals surface area (Å²) in [6, 6.07) is 5.80. The zero-order chi connectivity index (χ0) is 13.8. The number of rotatable bonds is 5. The molecule has 0 bridgehead atoms. The summed E-state index contributed by atoms with van der Waals surface area (Å²) in [5.74, 6) is 1.22. The first-order chi connectivity index (χ1) is 9.21. The Balaban J connectivity index is 2.45. The Kier molecular flexibility index (Phi) is 4.10. The molecule has 0 amide bonds. The summed E-state index contributed by atoms with van der Waals surface area (Å²) in [6.45, 7) is 4.41. The molecule has 0 unspecified atom stereocenters. The van der Waals surface area contributed by atoms with E-state index in [-0.39, 0.29) is 0 Å². The van der Waals surface area contributed by atoms with Crippen molar-refractivity contribution in [3.63, 3.8) is 0 Å². The van der Waals surface area contributed by atoms with Gasteiger partial charge in [0.05, 0.1) is 24.8 Å². The highest BCUT2D eigenvalue weighted by Crippen LogP contribution is 2.28. The molecule has 0 fully saturated rings. The third kappa shape index (κ3) is 2.57. The van der Waals surface area contributed by atoms with Crippen LogP contribution in [0.15, 0.2) is 30.7 Å². The number of methoxy groups -OCH3 is 1. The second-order valence-corrected chi connectivity index (χ2v) is 4.63. The van der Waals surface area contributed by atoms with E-state index in [1.807, 2.05) is 30.7 Å². The summed E-state index contributed by atoms with van der Waals surface area (Å²) in [7, 11) is 1.63. The lowest BCUT2D eigenvalue weighted by Gasteiger charge is -2.16. The second kappa shape index (κ2) is 5.78. The Morgan fingerprint density at radius 2 is 2.05 bits per heavy atom. The lowest BCUT2D eigenvalue weighted by molar-refractivity contribution is 0.416. The number of aromatic nitrogens is 2. The molecule has 4 heteroatoms. The smallest absolute Gasteiger partial charge is 0.143 e. The molecule has 2 aromatic rings. The molecular formula is C15H21N3O. The molecular weight excluding hydrogens is 238 g/mol. The van der Waals surface area contributed by atoms with E-state index in [9.17, 15) is 0 Å². The van der Waals surface area contributed by atoms with Crippen LogP contribution in [0, 0.1) is 0 Å². The minimum absolute atomic E-state index is 0.519. The van der Waals surface area contributed by atoms with E-state index in [2.05, 4.69) is 23.4 Å². The molecule has 19 heavy (non-hydrogen) atoms. The van der Waals surface area contributed by atoms with Crippen molar-refractivity contribution in [2.45, 2.75) is 32.6 Å². The monoisotopic (exact) mass is 259 g/mol. The van der Waals surface area contributed by atoms with Gasteiger partial charge in [-0.1, -0.05) is 13.8 Å². The Morgan fingerprint density at radius 1 is 1.32 bits per heavy atom. The van der Waals surface area contributed by atoms with E-state index in [0.717, 1.165) is 18.5 Å². The molecule has 102 valence electrons. The molecule has 0 spiro atoms. The molecule has 0 saturated heterocycles. The van der Waals surface area contributed by atoms with E-state index < -0.39 is 0 Å². The van der Waals surface area contributed by atoms with Gasteiger partial charge < -0.3 is 15.0 Å². The molecule has 0 saturated carbocycles. The normalized spacial score (nSPS) is 10.9. The van der Waals surface area contributed by atoms with Crippen molar-refractivity contribution in [2.75, 3.05) is 12.8 Å². The van der Waals surface area contributed by atoms with Gasteiger partial charge in [-0.05, 0) is 25.0 Å². The lowest BCUT2D eigenvalue weighted by atomic mass is 10.00. The fourth-order valence-electron chi connectivity index (χ4n) is 2.38. The van der Waals surface area contributed by atoms with Crippen LogP contribution >= 0.6 is 0 Å². The van der Waals surface area contributed by atoms with Gasteiger partial charge in [-0.25, -0.2) is 4.98 Å². The number of benzene rings is 1. The largest absolute Gasteiger partial charge is 0.495 e. The van der Waals surface area contributed by atoms with Crippen LogP contribution < -0.4 is 10.5 Å². The number of nitrogen functional groups attached to an aromatic ring is 1. The zero-order valence-corrected chi connectivity index (χ0v) is 11.8. The van der Waals surface area contributed by atoms with E-state index in [0.29, 0.717) is 17.4 Å². The molecule has 0 aliphatic rings. The number of hydrogen-bond donors (Lipinski definition) is 1. The van der Waals surface area contributed by atoms with E-state index in [1.54, 1.807) is 7.11 Å². The van der Waals surface area contributed by atoms with Gasteiger partial charge in [0.1, 0.15) is 5.75 Å². The van der Waals surface area contributed by atoms with Crippen molar-refractivity contribution in [1.29, 1.82) is 0 Å². The van der Waals surface area contributed by atoms with Gasteiger partial charge in [0, 0.05) is 23.9 Å². The predicted octanol–water partition coefficient (Wildman–Crippen LogP) is 3.37. The highest BCUT2D eigenvalue weighted by Gasteiger charge is 2.14. The van der Waals surface area contributed by atoms with E-state index in [4.69, 9.17) is 10.5 Å². The Hall–Kier alpha value is -1.97. The highest BCUT2D eigenvalue weighted by atomic mass is 16.5. The third-order valence-corrected chi connectivity index (χ3v) is 3.57. The molecule has 1 aromatic heterocycles. The maximum atomic E-state index is 5.85. The fraction of sp³-hybridized carbons (Fsp3) is 0.400. The van der Waals surface area contributed by atoms with Crippen molar-refractivity contribution in [3.05, 3.63) is 36.4 Å². The van der Waals surface area contributed by atoms with Crippen LogP contribution in [0.1, 0.15) is 38.3 Å². The third-order valence-electron chi connectivity index (χ3n) is 3.57. The van der Waals surface area contributed by atoms with Gasteiger partial charge in [-0.15, -0.1) is 0 Å². The van der Waals surface area contributed by atoms with Crippen molar-refractivity contribution >= 4 is 5.69 Å². The first-order valence-corrected chi connectivity index (χ1v) is 6.67. The van der Waals surface area contributed by atoms with Crippen LogP contribution in [-0.4, -0.2) is 16.7 Å². The highest BCUT2D eigenvalue weighted by molar-refractivity contribution is 5.57. The quantitative estimate of drug-likeness (QED) is 0.838. The summed E-state index contributed by atoms with van der Waals surface area (Å²) in [4.78, 5) is 4.28. The summed E-state index contributed by atoms with van der Waals surface area (Å²) in [5.41, 5.74) is 8.77. The topological polar surface area (TPSA) is 53.1 Å². The van der Waals surface area contributed by atoms with Gasteiger partial charge in [-0.3, -0.25) is 0 Å². The number of imidazole rings is 1. The van der Waals surface area contributed by atoms with Crippen LogP contribution in [0.25, 0.3) is 5.69 Å². The molecule has 2 rings (SSSR count). The lowest BCUT2D eigenvalue weighted by Crippen LogP contribution is -2.05. The number of anilines is 1. The number of hydrogen-bond acceptors (Lipinski definition) is 3. The SMILES string of the molecule is CCC(CC)c1cncn1-c1ccc(N)c(OC)c1. The Morgan fingerprint density at radius 3 is 2.68 bits per heavy atom. The van der Waals surface area contributed by atoms with Crippen molar-refractivity contribution in [2.24, 2.45) is 0 Å². The van der Waals surface area contributed by atoms with Crippen LogP contribution in [0.5, 0.6) is 5.75 Å². The van der Waals surface area contributed by atoms with Gasteiger partial charge in [-0.2, -0.15) is 0 Å². The van der Waals surface area contributed by atoms with Gasteiger partial charge >= 0.3 is 0 Å². The first-order valence-electron chi connectivity index (χ1n) is 6.67. The minimum atomic E-state index is 0.519. The van der Waals surface area contributed by atoms with E-state index >= 15 is 0 Å². The summed E-state index contributed by atoms with van der Waals surface area (Å²) in [5, 5.41) is 0. The first kappa shape index (κ1) is 13.5. The summed E-state index contributed by atoms with van der Waals surface area (Å²) < 4.78 is 7.39. The van der Waals surface area contributed by atoms with Crippen molar-refractivity contribution in [3.8, 4) is 11.4 Å². The maximum Gasteiger partial charge on any atom is 0.143 e. The van der Waals surface area contributed by atoms with Gasteiger partial charge in [0.15, 0.2) is 0 Å². The second-order valence-electron chi connectivity index (χ2n) is 4.63. The predicted molar refractivity (Wildman–Crippen MR) is 77.9 cm³/mol. The standard InChI is InChI=1S/C15H21N3O/c1-4-11(5-2)14-9-17-10-18(14)12-6-7-13(16)15(8-12)19-3/h6-11H,4-5,16H2,1-3H3. The maximum absolute atomic E-state index is 5.85. The summed E-state index contributed by atoms with van der Waals surface area (Å²) >= 11 is 0. The molecule has 1 aromatic carbocycles. The molecule has 1 heterocycles. The van der Waals surface area contributed by atoms with Crippen molar-refractivity contribution < 1.29 is 4.74 Å². The minimum Gasteiger partial charge on any atom is -0.495 e. The molecule has 0 radical (unpaired) electrons. The molecule has 4 nitrogen and oxygen atoms in total. The number of nitrogens with two attached hydrogens (primary N) is 1. The van der Waals surface area contributed by atoms with Crippen molar-refractivity contribution in [1.82, 2.24) is 9.55 Å². The number of ether oxygens (including phenoxy) is 1. The van der Waals surface area contributed by atoms with Crippen LogP contribution in [-0.2, 0) is 0 Å². The molecule has 2 N–H and O–H groups in total. The average Bonchev–Trinajstić information content (AvgIpc) is 2.90. The molecule has 0 aliphatic heterocycles. The van der Waals surface area contributed by atoms with Gasteiger partial charge in [0.2, 0.25) is 0 Å². The molecule has 0 atom stereocenters. The zero-order valence-electron chi connectivity index (χ0n) is 11.8. The van der Waals surface area contributed by atoms with E-state index in [1.165, 1.54) is 5.69 Å². The summed E-state index contributed by atoms with van der Waals surface area (Å²) in [6.07, 6.45) is 6.00. The fourth-order valence-corrected chi connectivity index (χ4v) is 2.38. The van der Waals surface area contributed by atoms with Crippen LogP contribution in [0.3, 0.4) is 0 Å². The Bertz CT molecular complexity index is 544. The average molecular weight is 259 g/mol. The van der Waals surface area contributed by atoms with Gasteiger partial charge in [0.25, 0.3) is 0 Å². The molecule has 0 aliphatic carbocycles.